The van der Waals surface area contributed by atoms with E-state index in [1.807, 2.05) is 30.3 Å². The Morgan fingerprint density at radius 1 is 1.39 bits per heavy atom. The van der Waals surface area contributed by atoms with Gasteiger partial charge < -0.3 is 9.84 Å². The van der Waals surface area contributed by atoms with E-state index in [1.165, 1.54) is 0 Å². The highest BCUT2D eigenvalue weighted by Crippen LogP contribution is 2.22. The van der Waals surface area contributed by atoms with E-state index in [0.29, 0.717) is 5.75 Å². The molecular weight excluding hydrogens is 230 g/mol. The van der Waals surface area contributed by atoms with E-state index in [1.54, 1.807) is 20.0 Å². The lowest BCUT2D eigenvalue weighted by Crippen LogP contribution is -2.30. The molecule has 18 heavy (non-hydrogen) atoms. The molecule has 1 heterocycles. The number of carboxylic acids is 1. The van der Waals surface area contributed by atoms with E-state index < -0.39 is 11.4 Å². The highest BCUT2D eigenvalue weighted by molar-refractivity contribution is 5.79. The Bertz CT molecular complexity index is 578. The molecule has 0 bridgehead atoms. The van der Waals surface area contributed by atoms with E-state index in [9.17, 15) is 4.79 Å². The maximum absolute atomic E-state index is 11.0. The van der Waals surface area contributed by atoms with Crippen molar-refractivity contribution >= 4 is 16.9 Å². The molecule has 4 heteroatoms. The van der Waals surface area contributed by atoms with Crippen LogP contribution < -0.4 is 4.74 Å². The summed E-state index contributed by atoms with van der Waals surface area (Å²) < 4.78 is 5.52. The van der Waals surface area contributed by atoms with E-state index >= 15 is 0 Å². The van der Waals surface area contributed by atoms with Crippen molar-refractivity contribution in [2.75, 3.05) is 6.61 Å². The average Bonchev–Trinajstić information content (AvgIpc) is 2.36. The number of carboxylic acid groups (broad SMARTS) is 1. The zero-order chi connectivity index (χ0) is 13.2. The van der Waals surface area contributed by atoms with Crippen LogP contribution in [-0.4, -0.2) is 22.7 Å². The van der Waals surface area contributed by atoms with E-state index in [2.05, 4.69) is 4.98 Å². The lowest BCUT2D eigenvalue weighted by molar-refractivity contribution is -0.148. The van der Waals surface area contributed by atoms with Crippen molar-refractivity contribution < 1.29 is 14.6 Å². The van der Waals surface area contributed by atoms with Crippen molar-refractivity contribution in [2.24, 2.45) is 5.41 Å². The molecule has 94 valence electrons. The van der Waals surface area contributed by atoms with Gasteiger partial charge in [-0.3, -0.25) is 9.78 Å². The number of ether oxygens (including phenoxy) is 1. The van der Waals surface area contributed by atoms with Gasteiger partial charge in [0.15, 0.2) is 0 Å². The number of fused-ring (bicyclic) bond motifs is 1. The Balaban J connectivity index is 2.15. The summed E-state index contributed by atoms with van der Waals surface area (Å²) in [4.78, 5) is 15.2. The molecule has 0 aliphatic carbocycles. The second kappa shape index (κ2) is 4.64. The van der Waals surface area contributed by atoms with Crippen LogP contribution in [0.2, 0.25) is 0 Å². The molecule has 0 aliphatic rings. The minimum absolute atomic E-state index is 0.126. The fourth-order valence-corrected chi connectivity index (χ4v) is 1.46. The van der Waals surface area contributed by atoms with Gasteiger partial charge in [-0.1, -0.05) is 6.07 Å². The number of rotatable bonds is 4. The maximum Gasteiger partial charge on any atom is 0.312 e. The molecule has 0 aliphatic heterocycles. The molecule has 0 spiro atoms. The Morgan fingerprint density at radius 2 is 2.17 bits per heavy atom. The van der Waals surface area contributed by atoms with Crippen molar-refractivity contribution in [3.8, 4) is 5.75 Å². The Kier molecular flexibility index (Phi) is 3.19. The van der Waals surface area contributed by atoms with Gasteiger partial charge in [0.1, 0.15) is 12.4 Å². The summed E-state index contributed by atoms with van der Waals surface area (Å²) in [6.45, 7) is 3.39. The topological polar surface area (TPSA) is 59.4 Å². The summed E-state index contributed by atoms with van der Waals surface area (Å²) in [7, 11) is 0. The van der Waals surface area contributed by atoms with Crippen LogP contribution in [0.1, 0.15) is 13.8 Å². The first-order valence-corrected chi connectivity index (χ1v) is 5.70. The third-order valence-corrected chi connectivity index (χ3v) is 2.76. The van der Waals surface area contributed by atoms with Crippen LogP contribution in [-0.2, 0) is 4.79 Å². The molecule has 2 aromatic rings. The zero-order valence-corrected chi connectivity index (χ0v) is 10.4. The number of aliphatic carboxylic acids is 1. The van der Waals surface area contributed by atoms with Crippen LogP contribution >= 0.6 is 0 Å². The number of aromatic nitrogens is 1. The van der Waals surface area contributed by atoms with Crippen molar-refractivity contribution in [2.45, 2.75) is 13.8 Å². The van der Waals surface area contributed by atoms with Crippen LogP contribution in [0, 0.1) is 5.41 Å². The molecule has 0 atom stereocenters. The minimum Gasteiger partial charge on any atom is -0.492 e. The summed E-state index contributed by atoms with van der Waals surface area (Å²) >= 11 is 0. The fourth-order valence-electron chi connectivity index (χ4n) is 1.46. The molecule has 1 aromatic carbocycles. The maximum atomic E-state index is 11.0. The number of nitrogens with zero attached hydrogens (tertiary/aromatic N) is 1. The molecule has 0 fully saturated rings. The van der Waals surface area contributed by atoms with Gasteiger partial charge >= 0.3 is 5.97 Å². The van der Waals surface area contributed by atoms with Gasteiger partial charge in [-0.2, -0.15) is 0 Å². The molecule has 1 aromatic heterocycles. The van der Waals surface area contributed by atoms with E-state index in [0.717, 1.165) is 10.9 Å². The first-order valence-electron chi connectivity index (χ1n) is 5.70. The third kappa shape index (κ3) is 2.59. The molecule has 0 saturated heterocycles. The van der Waals surface area contributed by atoms with Crippen molar-refractivity contribution in [3.63, 3.8) is 0 Å². The van der Waals surface area contributed by atoms with Gasteiger partial charge in [0.25, 0.3) is 0 Å². The van der Waals surface area contributed by atoms with Gasteiger partial charge in [0.2, 0.25) is 0 Å². The van der Waals surface area contributed by atoms with Crippen molar-refractivity contribution in [3.05, 3.63) is 36.5 Å². The Morgan fingerprint density at radius 3 is 2.89 bits per heavy atom. The summed E-state index contributed by atoms with van der Waals surface area (Å²) in [6, 6.07) is 9.38. The van der Waals surface area contributed by atoms with Gasteiger partial charge in [-0.15, -0.1) is 0 Å². The highest BCUT2D eigenvalue weighted by atomic mass is 16.5. The zero-order valence-electron chi connectivity index (χ0n) is 10.4. The second-order valence-electron chi connectivity index (χ2n) is 4.84. The standard InChI is InChI=1S/C14H15NO3/c1-14(2,13(16)17)9-18-11-6-5-10-4-3-7-15-12(10)8-11/h3-8H,9H2,1-2H3,(H,16,17). The monoisotopic (exact) mass is 245 g/mol. The van der Waals surface area contributed by atoms with Gasteiger partial charge in [-0.05, 0) is 32.0 Å². The number of hydrogen-bond donors (Lipinski definition) is 1. The molecule has 4 nitrogen and oxygen atoms in total. The highest BCUT2D eigenvalue weighted by Gasteiger charge is 2.28. The van der Waals surface area contributed by atoms with Crippen LogP contribution in [0.4, 0.5) is 0 Å². The summed E-state index contributed by atoms with van der Waals surface area (Å²) in [5.41, 5.74) is -0.0675. The Hall–Kier alpha value is -2.10. The second-order valence-corrected chi connectivity index (χ2v) is 4.84. The molecule has 2 rings (SSSR count). The summed E-state index contributed by atoms with van der Waals surface area (Å²) in [5, 5.41) is 10.0. The number of benzene rings is 1. The van der Waals surface area contributed by atoms with Crippen LogP contribution in [0.5, 0.6) is 5.75 Å². The third-order valence-electron chi connectivity index (χ3n) is 2.76. The Labute approximate surface area is 105 Å². The molecule has 0 radical (unpaired) electrons. The van der Waals surface area contributed by atoms with E-state index in [4.69, 9.17) is 9.84 Å². The van der Waals surface area contributed by atoms with Crippen LogP contribution in [0.15, 0.2) is 36.5 Å². The summed E-state index contributed by atoms with van der Waals surface area (Å²) in [5.74, 6) is -0.239. The number of carbonyl (C=O) groups is 1. The quantitative estimate of drug-likeness (QED) is 0.899. The molecule has 0 saturated carbocycles. The first-order chi connectivity index (χ1) is 8.49. The lowest BCUT2D eigenvalue weighted by atomic mass is 9.95. The van der Waals surface area contributed by atoms with Gasteiger partial charge in [0.05, 0.1) is 10.9 Å². The van der Waals surface area contributed by atoms with Crippen LogP contribution in [0.3, 0.4) is 0 Å². The predicted molar refractivity (Wildman–Crippen MR) is 68.7 cm³/mol. The number of hydrogen-bond acceptors (Lipinski definition) is 3. The number of pyridine rings is 1. The molecule has 0 unspecified atom stereocenters. The SMILES string of the molecule is CC(C)(COc1ccc2cccnc2c1)C(=O)O. The normalized spacial score (nSPS) is 11.4. The van der Waals surface area contributed by atoms with Crippen LogP contribution in [0.25, 0.3) is 10.9 Å². The minimum atomic E-state index is -0.904. The van der Waals surface area contributed by atoms with Gasteiger partial charge in [-0.25, -0.2) is 0 Å². The molecular formula is C14H15NO3. The van der Waals surface area contributed by atoms with Crippen molar-refractivity contribution in [1.82, 2.24) is 4.98 Å². The van der Waals surface area contributed by atoms with Gasteiger partial charge in [0, 0.05) is 17.6 Å². The van der Waals surface area contributed by atoms with Crippen molar-refractivity contribution in [1.29, 1.82) is 0 Å². The van der Waals surface area contributed by atoms with E-state index in [-0.39, 0.29) is 6.61 Å². The molecule has 1 N–H and O–H groups in total. The molecule has 0 amide bonds. The smallest absolute Gasteiger partial charge is 0.312 e. The lowest BCUT2D eigenvalue weighted by Gasteiger charge is -2.19. The predicted octanol–water partition coefficient (Wildman–Crippen LogP) is 2.72. The average molecular weight is 245 g/mol. The largest absolute Gasteiger partial charge is 0.492 e. The first kappa shape index (κ1) is 12.4. The summed E-state index contributed by atoms with van der Waals surface area (Å²) in [6.07, 6.45) is 1.72. The fraction of sp³-hybridized carbons (Fsp3) is 0.286.